The summed E-state index contributed by atoms with van der Waals surface area (Å²) in [6.07, 6.45) is 0. The Bertz CT molecular complexity index is 415. The van der Waals surface area contributed by atoms with Gasteiger partial charge in [-0.15, -0.1) is 0 Å². The van der Waals surface area contributed by atoms with E-state index >= 15 is 0 Å². The standard InChI is InChI=1S/C11H9BrF2O/c1-11(2,15)4-3-7-5-8(13)10(12)9(14)6-7/h5-6,15H,1-2H3. The van der Waals surface area contributed by atoms with Crippen LogP contribution in [0.3, 0.4) is 0 Å². The monoisotopic (exact) mass is 274 g/mol. The van der Waals surface area contributed by atoms with Crippen molar-refractivity contribution in [3.05, 3.63) is 33.8 Å². The van der Waals surface area contributed by atoms with Gasteiger partial charge in [0.25, 0.3) is 0 Å². The summed E-state index contributed by atoms with van der Waals surface area (Å²) in [5, 5.41) is 9.30. The third-order valence-corrected chi connectivity index (χ3v) is 2.25. The molecule has 15 heavy (non-hydrogen) atoms. The third-order valence-electron chi connectivity index (χ3n) is 1.50. The fourth-order valence-corrected chi connectivity index (χ4v) is 1.08. The van der Waals surface area contributed by atoms with Gasteiger partial charge in [-0.3, -0.25) is 0 Å². The second kappa shape index (κ2) is 4.30. The fraction of sp³-hybridized carbons (Fsp3) is 0.273. The minimum atomic E-state index is -1.18. The molecule has 1 N–H and O–H groups in total. The average molecular weight is 275 g/mol. The lowest BCUT2D eigenvalue weighted by molar-refractivity contribution is 0.143. The molecule has 0 aliphatic heterocycles. The van der Waals surface area contributed by atoms with E-state index in [1.54, 1.807) is 0 Å². The molecule has 0 radical (unpaired) electrons. The van der Waals surface area contributed by atoms with Gasteiger partial charge in [0, 0.05) is 5.56 Å². The van der Waals surface area contributed by atoms with Crippen LogP contribution in [0.5, 0.6) is 0 Å². The Hall–Kier alpha value is -0.920. The summed E-state index contributed by atoms with van der Waals surface area (Å²) in [6, 6.07) is 2.21. The van der Waals surface area contributed by atoms with E-state index in [-0.39, 0.29) is 10.0 Å². The van der Waals surface area contributed by atoms with E-state index in [9.17, 15) is 13.9 Å². The van der Waals surface area contributed by atoms with Gasteiger partial charge >= 0.3 is 0 Å². The van der Waals surface area contributed by atoms with Crippen LogP contribution in [0.1, 0.15) is 19.4 Å². The van der Waals surface area contributed by atoms with E-state index < -0.39 is 17.2 Å². The minimum Gasteiger partial charge on any atom is -0.378 e. The summed E-state index contributed by atoms with van der Waals surface area (Å²) in [7, 11) is 0. The van der Waals surface area contributed by atoms with E-state index in [4.69, 9.17) is 0 Å². The molecule has 0 unspecified atom stereocenters. The zero-order chi connectivity index (χ0) is 11.6. The Labute approximate surface area is 95.2 Å². The average Bonchev–Trinajstić information content (AvgIpc) is 2.09. The molecule has 0 saturated carbocycles. The molecular weight excluding hydrogens is 266 g/mol. The normalized spacial score (nSPS) is 10.8. The summed E-state index contributed by atoms with van der Waals surface area (Å²) < 4.78 is 25.9. The van der Waals surface area contributed by atoms with Gasteiger partial charge in [0.2, 0.25) is 0 Å². The maximum Gasteiger partial charge on any atom is 0.141 e. The highest BCUT2D eigenvalue weighted by molar-refractivity contribution is 9.10. The number of hydrogen-bond acceptors (Lipinski definition) is 1. The highest BCUT2D eigenvalue weighted by atomic mass is 79.9. The summed E-state index contributed by atoms with van der Waals surface area (Å²) in [6.45, 7) is 2.98. The van der Waals surface area contributed by atoms with Gasteiger partial charge in [0.15, 0.2) is 0 Å². The maximum atomic E-state index is 13.0. The van der Waals surface area contributed by atoms with E-state index in [2.05, 4.69) is 27.8 Å². The lowest BCUT2D eigenvalue weighted by Crippen LogP contribution is -2.14. The molecular formula is C11H9BrF2O. The van der Waals surface area contributed by atoms with Gasteiger partial charge in [-0.2, -0.15) is 0 Å². The van der Waals surface area contributed by atoms with Crippen LogP contribution >= 0.6 is 15.9 Å². The molecule has 1 aromatic rings. The number of rotatable bonds is 0. The van der Waals surface area contributed by atoms with E-state index in [0.29, 0.717) is 0 Å². The van der Waals surface area contributed by atoms with Crippen LogP contribution in [0, 0.1) is 23.5 Å². The van der Waals surface area contributed by atoms with Gasteiger partial charge in [-0.1, -0.05) is 11.8 Å². The molecule has 1 rings (SSSR count). The third kappa shape index (κ3) is 3.61. The number of halogens is 3. The van der Waals surface area contributed by atoms with Crippen LogP contribution in [0.15, 0.2) is 16.6 Å². The Morgan fingerprint density at radius 3 is 2.13 bits per heavy atom. The molecule has 0 heterocycles. The van der Waals surface area contributed by atoms with Gasteiger partial charge in [-0.25, -0.2) is 8.78 Å². The topological polar surface area (TPSA) is 20.2 Å². The van der Waals surface area contributed by atoms with Crippen LogP contribution in [0.2, 0.25) is 0 Å². The number of benzene rings is 1. The quantitative estimate of drug-likeness (QED) is 0.570. The molecule has 4 heteroatoms. The lowest BCUT2D eigenvalue weighted by Gasteiger charge is -2.06. The first kappa shape index (κ1) is 12.2. The summed E-state index contributed by atoms with van der Waals surface area (Å²) >= 11 is 2.76. The first-order valence-corrected chi connectivity index (χ1v) is 4.99. The second-order valence-electron chi connectivity index (χ2n) is 3.56. The van der Waals surface area contributed by atoms with E-state index in [1.165, 1.54) is 13.8 Å². The first-order valence-electron chi connectivity index (χ1n) is 4.20. The molecule has 0 atom stereocenters. The molecule has 0 amide bonds. The summed E-state index contributed by atoms with van der Waals surface area (Å²) in [5.41, 5.74) is -0.990. The van der Waals surface area contributed by atoms with Crippen molar-refractivity contribution < 1.29 is 13.9 Å². The number of hydrogen-bond donors (Lipinski definition) is 1. The largest absolute Gasteiger partial charge is 0.378 e. The summed E-state index contributed by atoms with van der Waals surface area (Å²) in [5.74, 6) is 3.54. The molecule has 0 aliphatic carbocycles. The zero-order valence-corrected chi connectivity index (χ0v) is 9.82. The summed E-state index contributed by atoms with van der Waals surface area (Å²) in [4.78, 5) is 0. The highest BCUT2D eigenvalue weighted by Gasteiger charge is 2.09. The minimum absolute atomic E-state index is 0.190. The van der Waals surface area contributed by atoms with Crippen LogP contribution in [0.4, 0.5) is 8.78 Å². The van der Waals surface area contributed by atoms with E-state index in [0.717, 1.165) is 12.1 Å². The van der Waals surface area contributed by atoms with Crippen molar-refractivity contribution in [1.29, 1.82) is 0 Å². The molecule has 0 fully saturated rings. The first-order chi connectivity index (χ1) is 6.79. The van der Waals surface area contributed by atoms with Crippen molar-refractivity contribution in [1.82, 2.24) is 0 Å². The molecule has 0 aromatic heterocycles. The van der Waals surface area contributed by atoms with Crippen molar-refractivity contribution in [2.24, 2.45) is 0 Å². The smallest absolute Gasteiger partial charge is 0.141 e. The Morgan fingerprint density at radius 1 is 1.27 bits per heavy atom. The van der Waals surface area contributed by atoms with Gasteiger partial charge in [0.05, 0.1) is 4.47 Å². The van der Waals surface area contributed by atoms with Crippen LogP contribution < -0.4 is 0 Å². The van der Waals surface area contributed by atoms with Gasteiger partial charge in [-0.05, 0) is 41.9 Å². The van der Waals surface area contributed by atoms with Crippen molar-refractivity contribution in [2.45, 2.75) is 19.4 Å². The Morgan fingerprint density at radius 2 is 1.73 bits per heavy atom. The maximum absolute atomic E-state index is 13.0. The molecule has 1 nitrogen and oxygen atoms in total. The molecule has 0 aliphatic rings. The van der Waals surface area contributed by atoms with Crippen molar-refractivity contribution in [3.8, 4) is 11.8 Å². The zero-order valence-electron chi connectivity index (χ0n) is 8.24. The molecule has 1 aromatic carbocycles. The van der Waals surface area contributed by atoms with Crippen molar-refractivity contribution in [3.63, 3.8) is 0 Å². The predicted molar refractivity (Wildman–Crippen MR) is 57.2 cm³/mol. The van der Waals surface area contributed by atoms with Gasteiger partial charge in [0.1, 0.15) is 17.2 Å². The molecule has 80 valence electrons. The van der Waals surface area contributed by atoms with Gasteiger partial charge < -0.3 is 5.11 Å². The predicted octanol–water partition coefficient (Wildman–Crippen LogP) is 2.85. The number of aliphatic hydroxyl groups is 1. The fourth-order valence-electron chi connectivity index (χ4n) is 0.853. The van der Waals surface area contributed by atoms with Crippen molar-refractivity contribution >= 4 is 15.9 Å². The van der Waals surface area contributed by atoms with Crippen LogP contribution in [-0.4, -0.2) is 10.7 Å². The molecule has 0 bridgehead atoms. The van der Waals surface area contributed by atoms with Crippen LogP contribution in [0.25, 0.3) is 0 Å². The highest BCUT2D eigenvalue weighted by Crippen LogP contribution is 2.20. The SMILES string of the molecule is CC(C)(O)C#Cc1cc(F)c(Br)c(F)c1. The van der Waals surface area contributed by atoms with Crippen LogP contribution in [-0.2, 0) is 0 Å². The Balaban J connectivity index is 3.12. The molecule has 0 saturated heterocycles. The second-order valence-corrected chi connectivity index (χ2v) is 4.36. The Kier molecular flexibility index (Phi) is 3.48. The van der Waals surface area contributed by atoms with Crippen molar-refractivity contribution in [2.75, 3.05) is 0 Å². The molecule has 0 spiro atoms. The van der Waals surface area contributed by atoms with E-state index in [1.807, 2.05) is 0 Å². The lowest BCUT2D eigenvalue weighted by atomic mass is 10.1.